The van der Waals surface area contributed by atoms with Crippen molar-refractivity contribution in [3.63, 3.8) is 0 Å². The van der Waals surface area contributed by atoms with Crippen LogP contribution in [-0.4, -0.2) is 33.6 Å². The van der Waals surface area contributed by atoms with E-state index >= 15 is 0 Å². The van der Waals surface area contributed by atoms with E-state index in [1.54, 1.807) is 0 Å². The SMILES string of the molecule is CCCCCCCCCCCCOc1ccc(-c2nnc(-c3ccc(-c4ccc5c(c4)C(CCCCCC)(CCCCCC)c4cc(-c6ccc(-c7nnc(-c8ccc(OCCCCCCCCCCCC)cc8)o7)cc6)ccc4-5)cc3)o2)cc1. The molecule has 450 valence electrons. The van der Waals surface area contributed by atoms with Crippen molar-refractivity contribution in [1.82, 2.24) is 20.4 Å². The third-order valence-corrected chi connectivity index (χ3v) is 17.8. The van der Waals surface area contributed by atoms with Gasteiger partial charge in [-0.05, 0) is 155 Å². The number of benzene rings is 6. The van der Waals surface area contributed by atoms with Crippen LogP contribution in [0, 0.1) is 0 Å². The van der Waals surface area contributed by atoms with E-state index in [0.717, 1.165) is 72.6 Å². The molecule has 0 atom stereocenters. The molecule has 0 N–H and O–H groups in total. The number of fused-ring (bicyclic) bond motifs is 3. The average Bonchev–Trinajstić information content (AvgIpc) is 1.70. The highest BCUT2D eigenvalue weighted by molar-refractivity contribution is 5.86. The molecule has 0 unspecified atom stereocenters. The maximum Gasteiger partial charge on any atom is 0.248 e. The summed E-state index contributed by atoms with van der Waals surface area (Å²) in [4.78, 5) is 0. The van der Waals surface area contributed by atoms with E-state index in [1.165, 1.54) is 211 Å². The minimum Gasteiger partial charge on any atom is -0.494 e. The van der Waals surface area contributed by atoms with Gasteiger partial charge in [-0.15, -0.1) is 20.4 Å². The second-order valence-corrected chi connectivity index (χ2v) is 24.3. The molecule has 0 saturated heterocycles. The van der Waals surface area contributed by atoms with Crippen molar-refractivity contribution in [2.75, 3.05) is 13.2 Å². The fourth-order valence-corrected chi connectivity index (χ4v) is 12.7. The van der Waals surface area contributed by atoms with Gasteiger partial charge in [-0.1, -0.05) is 243 Å². The fourth-order valence-electron chi connectivity index (χ4n) is 12.7. The molecule has 0 spiro atoms. The molecule has 0 saturated carbocycles. The maximum atomic E-state index is 6.28. The summed E-state index contributed by atoms with van der Waals surface area (Å²) in [5.74, 6) is 3.77. The predicted octanol–water partition coefficient (Wildman–Crippen LogP) is 23.3. The molecule has 2 heterocycles. The predicted molar refractivity (Wildman–Crippen MR) is 353 cm³/mol. The molecule has 85 heavy (non-hydrogen) atoms. The molecular formula is C77H98N4O4. The van der Waals surface area contributed by atoms with E-state index < -0.39 is 0 Å². The van der Waals surface area contributed by atoms with Gasteiger partial charge in [0.05, 0.1) is 13.2 Å². The van der Waals surface area contributed by atoms with Crippen LogP contribution in [0.15, 0.2) is 142 Å². The van der Waals surface area contributed by atoms with Crippen molar-refractivity contribution >= 4 is 0 Å². The molecule has 1 aliphatic carbocycles. The van der Waals surface area contributed by atoms with Crippen molar-refractivity contribution in [3.8, 4) is 90.7 Å². The lowest BCUT2D eigenvalue weighted by Crippen LogP contribution is -2.25. The van der Waals surface area contributed by atoms with E-state index in [4.69, 9.17) is 18.3 Å². The lowest BCUT2D eigenvalue weighted by atomic mass is 9.70. The van der Waals surface area contributed by atoms with Crippen LogP contribution in [-0.2, 0) is 5.41 Å². The number of nitrogens with zero attached hydrogens (tertiary/aromatic N) is 4. The van der Waals surface area contributed by atoms with Crippen LogP contribution in [0.1, 0.15) is 231 Å². The molecule has 2 aromatic heterocycles. The van der Waals surface area contributed by atoms with E-state index in [9.17, 15) is 0 Å². The first-order valence-corrected chi connectivity index (χ1v) is 33.6. The van der Waals surface area contributed by atoms with Gasteiger partial charge in [0, 0.05) is 27.7 Å². The van der Waals surface area contributed by atoms with Crippen LogP contribution in [0.25, 0.3) is 79.2 Å². The van der Waals surface area contributed by atoms with Crippen molar-refractivity contribution < 1.29 is 18.3 Å². The van der Waals surface area contributed by atoms with Crippen LogP contribution in [0.2, 0.25) is 0 Å². The molecule has 1 aliphatic rings. The quantitative estimate of drug-likeness (QED) is 0.0351. The Morgan fingerprint density at radius 2 is 0.541 bits per heavy atom. The van der Waals surface area contributed by atoms with Crippen LogP contribution in [0.4, 0.5) is 0 Å². The van der Waals surface area contributed by atoms with Gasteiger partial charge >= 0.3 is 0 Å². The summed E-state index contributed by atoms with van der Waals surface area (Å²) in [7, 11) is 0. The third kappa shape index (κ3) is 17.7. The first-order chi connectivity index (χ1) is 42.0. The Morgan fingerprint density at radius 3 is 0.859 bits per heavy atom. The molecule has 0 aliphatic heterocycles. The van der Waals surface area contributed by atoms with Gasteiger partial charge in [0.15, 0.2) is 0 Å². The zero-order valence-electron chi connectivity index (χ0n) is 52.3. The summed E-state index contributed by atoms with van der Waals surface area (Å²) < 4.78 is 24.7. The van der Waals surface area contributed by atoms with Crippen molar-refractivity contribution in [2.45, 2.75) is 226 Å². The van der Waals surface area contributed by atoms with Crippen LogP contribution in [0.3, 0.4) is 0 Å². The minimum atomic E-state index is -0.0909. The van der Waals surface area contributed by atoms with E-state index in [-0.39, 0.29) is 5.41 Å². The van der Waals surface area contributed by atoms with Crippen LogP contribution in [0.5, 0.6) is 11.5 Å². The summed E-state index contributed by atoms with van der Waals surface area (Å²) in [6.45, 7) is 10.7. The Balaban J connectivity index is 0.842. The van der Waals surface area contributed by atoms with E-state index in [2.05, 4.69) is 133 Å². The third-order valence-electron chi connectivity index (χ3n) is 17.8. The lowest BCUT2D eigenvalue weighted by molar-refractivity contribution is 0.304. The van der Waals surface area contributed by atoms with E-state index in [0.29, 0.717) is 23.6 Å². The van der Waals surface area contributed by atoms with Gasteiger partial charge in [-0.2, -0.15) is 0 Å². The standard InChI is InChI=1S/C77H98N4O4/c1-5-9-13-17-19-21-23-25-27-31-55-82-67-47-41-63(42-48-67)75-80-78-73(84-75)61-37-33-59(34-38-61)65-45-51-69-70-52-46-66(58-72(70)77(71(69)57-65,53-29-15-11-7-3)54-30-16-12-8-4)60-35-39-62(40-36-60)74-79-81-76(85-74)64-43-49-68(50-44-64)83-56-32-28-26-24-22-20-18-14-10-6-2/h33-52,57-58H,5-32,53-56H2,1-4H3. The summed E-state index contributed by atoms with van der Waals surface area (Å²) in [6, 6.07) is 47.8. The first kappa shape index (κ1) is 62.7. The topological polar surface area (TPSA) is 96.3 Å². The fraction of sp³-hybridized carbons (Fsp3) is 0.481. The molecule has 0 bridgehead atoms. The Hall–Kier alpha value is -6.80. The number of hydrogen-bond acceptors (Lipinski definition) is 8. The highest BCUT2D eigenvalue weighted by atomic mass is 16.5. The summed E-state index contributed by atoms with van der Waals surface area (Å²) >= 11 is 0. The Kier molecular flexibility index (Phi) is 24.9. The molecule has 6 aromatic carbocycles. The molecule has 0 amide bonds. The van der Waals surface area contributed by atoms with Gasteiger partial charge in [0.2, 0.25) is 23.6 Å². The molecule has 0 fully saturated rings. The smallest absolute Gasteiger partial charge is 0.248 e. The Labute approximate surface area is 510 Å². The molecule has 0 radical (unpaired) electrons. The molecule has 8 nitrogen and oxygen atoms in total. The van der Waals surface area contributed by atoms with Crippen molar-refractivity contribution in [1.29, 1.82) is 0 Å². The highest BCUT2D eigenvalue weighted by Crippen LogP contribution is 2.56. The minimum absolute atomic E-state index is 0.0909. The number of unbranched alkanes of at least 4 members (excludes halogenated alkanes) is 24. The highest BCUT2D eigenvalue weighted by Gasteiger charge is 2.42. The monoisotopic (exact) mass is 1140 g/mol. The lowest BCUT2D eigenvalue weighted by Gasteiger charge is -2.33. The zero-order valence-corrected chi connectivity index (χ0v) is 52.3. The summed E-state index contributed by atoms with van der Waals surface area (Å²) in [5, 5.41) is 17.9. The summed E-state index contributed by atoms with van der Waals surface area (Å²) in [5.41, 5.74) is 14.0. The second-order valence-electron chi connectivity index (χ2n) is 24.3. The van der Waals surface area contributed by atoms with Gasteiger partial charge in [0.25, 0.3) is 0 Å². The normalized spacial score (nSPS) is 12.4. The van der Waals surface area contributed by atoms with Crippen molar-refractivity contribution in [3.05, 3.63) is 145 Å². The largest absolute Gasteiger partial charge is 0.494 e. The molecule has 9 rings (SSSR count). The first-order valence-electron chi connectivity index (χ1n) is 33.6. The van der Waals surface area contributed by atoms with E-state index in [1.807, 2.05) is 48.5 Å². The van der Waals surface area contributed by atoms with Gasteiger partial charge in [-0.25, -0.2) is 0 Å². The zero-order chi connectivity index (χ0) is 58.7. The molecule has 8 heteroatoms. The number of hydrogen-bond donors (Lipinski definition) is 0. The molecule has 8 aromatic rings. The van der Waals surface area contributed by atoms with Crippen molar-refractivity contribution in [2.24, 2.45) is 0 Å². The number of rotatable bonds is 40. The van der Waals surface area contributed by atoms with Gasteiger partial charge < -0.3 is 18.3 Å². The van der Waals surface area contributed by atoms with Crippen LogP contribution < -0.4 is 9.47 Å². The Bertz CT molecular complexity index is 2960. The second kappa shape index (κ2) is 33.8. The van der Waals surface area contributed by atoms with Gasteiger partial charge in [0.1, 0.15) is 11.5 Å². The average molecular weight is 1140 g/mol. The summed E-state index contributed by atoms with van der Waals surface area (Å²) in [6.07, 6.45) is 38.4. The Morgan fingerprint density at radius 1 is 0.282 bits per heavy atom. The number of aromatic nitrogens is 4. The molecular weight excluding hydrogens is 1040 g/mol. The number of ether oxygens (including phenoxy) is 2. The maximum absolute atomic E-state index is 6.28. The van der Waals surface area contributed by atoms with Crippen LogP contribution >= 0.6 is 0 Å². The van der Waals surface area contributed by atoms with Gasteiger partial charge in [-0.3, -0.25) is 0 Å².